The molecule has 2 amide bonds. The van der Waals surface area contributed by atoms with E-state index < -0.39 is 0 Å². The lowest BCUT2D eigenvalue weighted by atomic mass is 10.1. The molecule has 1 aromatic rings. The molecule has 4 N–H and O–H groups in total. The van der Waals surface area contributed by atoms with Gasteiger partial charge in [-0.2, -0.15) is 0 Å². The molecule has 1 atom stereocenters. The largest absolute Gasteiger partial charge is 0.482 e. The molecule has 1 unspecified atom stereocenters. The smallest absolute Gasteiger partial charge is 0.262 e. The number of carbonyl (C=O) groups is 2. The molecule has 0 bridgehead atoms. The van der Waals surface area contributed by atoms with Gasteiger partial charge in [-0.15, -0.1) is 0 Å². The fraction of sp³-hybridized carbons (Fsp3) is 0.385. The summed E-state index contributed by atoms with van der Waals surface area (Å²) in [5, 5.41) is 5.46. The van der Waals surface area contributed by atoms with Gasteiger partial charge in [0, 0.05) is 12.1 Å². The van der Waals surface area contributed by atoms with Crippen molar-refractivity contribution in [2.45, 2.75) is 6.92 Å². The number of benzene rings is 1. The number of fused-ring (bicyclic) bond motifs is 1. The molecule has 0 aliphatic carbocycles. The Bertz CT molecular complexity index is 502. The highest BCUT2D eigenvalue weighted by Gasteiger charge is 2.17. The fourth-order valence-electron chi connectivity index (χ4n) is 1.68. The van der Waals surface area contributed by atoms with Gasteiger partial charge in [-0.3, -0.25) is 9.59 Å². The van der Waals surface area contributed by atoms with E-state index in [1.165, 1.54) is 0 Å². The number of nitrogens with two attached hydrogens (primary N) is 1. The summed E-state index contributed by atoms with van der Waals surface area (Å²) in [4.78, 5) is 23.1. The second kappa shape index (κ2) is 5.71. The summed E-state index contributed by atoms with van der Waals surface area (Å²) in [5.41, 5.74) is 6.49. The molecule has 0 aromatic heterocycles. The fourth-order valence-corrected chi connectivity index (χ4v) is 1.68. The molecule has 6 heteroatoms. The molecule has 1 heterocycles. The SMILES string of the molecule is CC(CN)CNC(=O)c1ccc2c(c1)NC(=O)CO2. The van der Waals surface area contributed by atoms with Gasteiger partial charge in [0.1, 0.15) is 5.75 Å². The molecule has 2 rings (SSSR count). The van der Waals surface area contributed by atoms with Crippen LogP contribution in [0.3, 0.4) is 0 Å². The molecule has 1 aliphatic heterocycles. The lowest BCUT2D eigenvalue weighted by Gasteiger charge is -2.18. The van der Waals surface area contributed by atoms with Gasteiger partial charge >= 0.3 is 0 Å². The minimum absolute atomic E-state index is 0.00651. The van der Waals surface area contributed by atoms with E-state index in [1.54, 1.807) is 18.2 Å². The van der Waals surface area contributed by atoms with Gasteiger partial charge in [0.25, 0.3) is 11.8 Å². The van der Waals surface area contributed by atoms with Gasteiger partial charge in [0.05, 0.1) is 5.69 Å². The minimum Gasteiger partial charge on any atom is -0.482 e. The lowest BCUT2D eigenvalue weighted by molar-refractivity contribution is -0.118. The van der Waals surface area contributed by atoms with Gasteiger partial charge < -0.3 is 21.1 Å². The van der Waals surface area contributed by atoms with Crippen LogP contribution in [0.1, 0.15) is 17.3 Å². The van der Waals surface area contributed by atoms with Crippen LogP contribution in [-0.2, 0) is 4.79 Å². The molecule has 0 saturated heterocycles. The summed E-state index contributed by atoms with van der Waals surface area (Å²) in [6, 6.07) is 4.95. The topological polar surface area (TPSA) is 93.5 Å². The van der Waals surface area contributed by atoms with Crippen LogP contribution < -0.4 is 21.1 Å². The van der Waals surface area contributed by atoms with Crippen LogP contribution in [0.4, 0.5) is 5.69 Å². The monoisotopic (exact) mass is 263 g/mol. The normalized spacial score (nSPS) is 14.9. The highest BCUT2D eigenvalue weighted by atomic mass is 16.5. The van der Waals surface area contributed by atoms with Crippen molar-refractivity contribution in [3.05, 3.63) is 23.8 Å². The highest BCUT2D eigenvalue weighted by Crippen LogP contribution is 2.28. The standard InChI is InChI=1S/C13H17N3O3/c1-8(5-14)6-15-13(18)9-2-3-11-10(4-9)16-12(17)7-19-11/h2-4,8H,5-7,14H2,1H3,(H,15,18)(H,16,17). The first kappa shape index (κ1) is 13.4. The zero-order valence-corrected chi connectivity index (χ0v) is 10.7. The van der Waals surface area contributed by atoms with Crippen molar-refractivity contribution in [1.82, 2.24) is 5.32 Å². The number of rotatable bonds is 4. The van der Waals surface area contributed by atoms with E-state index in [0.29, 0.717) is 30.1 Å². The van der Waals surface area contributed by atoms with E-state index in [4.69, 9.17) is 10.5 Å². The third kappa shape index (κ3) is 3.23. The molecule has 1 aliphatic rings. The van der Waals surface area contributed by atoms with Crippen molar-refractivity contribution in [2.75, 3.05) is 25.0 Å². The summed E-state index contributed by atoms with van der Waals surface area (Å²) in [5.74, 6) is 0.390. The van der Waals surface area contributed by atoms with Gasteiger partial charge in [-0.05, 0) is 30.7 Å². The third-order valence-corrected chi connectivity index (χ3v) is 2.89. The molecule has 102 valence electrons. The molecular formula is C13H17N3O3. The van der Waals surface area contributed by atoms with Crippen LogP contribution >= 0.6 is 0 Å². The van der Waals surface area contributed by atoms with Crippen molar-refractivity contribution in [3.63, 3.8) is 0 Å². The van der Waals surface area contributed by atoms with Gasteiger partial charge in [-0.1, -0.05) is 6.92 Å². The van der Waals surface area contributed by atoms with Crippen molar-refractivity contribution >= 4 is 17.5 Å². The molecule has 19 heavy (non-hydrogen) atoms. The zero-order valence-electron chi connectivity index (χ0n) is 10.7. The van der Waals surface area contributed by atoms with E-state index in [-0.39, 0.29) is 24.3 Å². The van der Waals surface area contributed by atoms with Crippen LogP contribution in [0, 0.1) is 5.92 Å². The maximum atomic E-state index is 11.9. The molecule has 6 nitrogen and oxygen atoms in total. The first-order valence-corrected chi connectivity index (χ1v) is 6.15. The summed E-state index contributed by atoms with van der Waals surface area (Å²) in [6.07, 6.45) is 0. The number of nitrogens with one attached hydrogen (secondary N) is 2. The average molecular weight is 263 g/mol. The number of anilines is 1. The van der Waals surface area contributed by atoms with E-state index in [2.05, 4.69) is 10.6 Å². The Morgan fingerprint density at radius 2 is 2.37 bits per heavy atom. The van der Waals surface area contributed by atoms with E-state index in [0.717, 1.165) is 0 Å². The van der Waals surface area contributed by atoms with Crippen LogP contribution in [0.25, 0.3) is 0 Å². The Kier molecular flexibility index (Phi) is 4.01. The predicted octanol–water partition coefficient (Wildman–Crippen LogP) is 0.342. The van der Waals surface area contributed by atoms with Gasteiger partial charge in [0.2, 0.25) is 0 Å². The lowest BCUT2D eigenvalue weighted by Crippen LogP contribution is -2.31. The molecule has 0 saturated carbocycles. The second-order valence-electron chi connectivity index (χ2n) is 4.60. The summed E-state index contributed by atoms with van der Waals surface area (Å²) in [6.45, 7) is 3.01. The number of hydrogen-bond acceptors (Lipinski definition) is 4. The van der Waals surface area contributed by atoms with Crippen molar-refractivity contribution in [1.29, 1.82) is 0 Å². The first-order chi connectivity index (χ1) is 9.10. The summed E-state index contributed by atoms with van der Waals surface area (Å²) in [7, 11) is 0. The molecule has 0 fully saturated rings. The number of hydrogen-bond donors (Lipinski definition) is 3. The molecule has 1 aromatic carbocycles. The van der Waals surface area contributed by atoms with Crippen LogP contribution in [0.15, 0.2) is 18.2 Å². The number of ether oxygens (including phenoxy) is 1. The Morgan fingerprint density at radius 3 is 3.11 bits per heavy atom. The third-order valence-electron chi connectivity index (χ3n) is 2.89. The van der Waals surface area contributed by atoms with Crippen molar-refractivity contribution in [2.24, 2.45) is 11.7 Å². The van der Waals surface area contributed by atoms with Gasteiger partial charge in [0.15, 0.2) is 6.61 Å². The molecular weight excluding hydrogens is 246 g/mol. The van der Waals surface area contributed by atoms with Crippen molar-refractivity contribution in [3.8, 4) is 5.75 Å². The molecule has 0 radical (unpaired) electrons. The first-order valence-electron chi connectivity index (χ1n) is 6.15. The van der Waals surface area contributed by atoms with Crippen molar-refractivity contribution < 1.29 is 14.3 Å². The van der Waals surface area contributed by atoms with E-state index in [1.807, 2.05) is 6.92 Å². The van der Waals surface area contributed by atoms with Crippen LogP contribution in [0.5, 0.6) is 5.75 Å². The number of carbonyl (C=O) groups excluding carboxylic acids is 2. The Hall–Kier alpha value is -2.08. The Balaban J connectivity index is 2.06. The van der Waals surface area contributed by atoms with Crippen LogP contribution in [-0.4, -0.2) is 31.5 Å². The maximum absolute atomic E-state index is 11.9. The van der Waals surface area contributed by atoms with Gasteiger partial charge in [-0.25, -0.2) is 0 Å². The molecule has 0 spiro atoms. The second-order valence-corrected chi connectivity index (χ2v) is 4.60. The maximum Gasteiger partial charge on any atom is 0.262 e. The average Bonchev–Trinajstić information content (AvgIpc) is 2.43. The van der Waals surface area contributed by atoms with E-state index in [9.17, 15) is 9.59 Å². The highest BCUT2D eigenvalue weighted by molar-refractivity contribution is 5.99. The predicted molar refractivity (Wildman–Crippen MR) is 71.1 cm³/mol. The summed E-state index contributed by atoms with van der Waals surface area (Å²) < 4.78 is 5.23. The zero-order chi connectivity index (χ0) is 13.8. The Morgan fingerprint density at radius 1 is 1.58 bits per heavy atom. The quantitative estimate of drug-likeness (QED) is 0.730. The minimum atomic E-state index is -0.221. The summed E-state index contributed by atoms with van der Waals surface area (Å²) >= 11 is 0. The van der Waals surface area contributed by atoms with Crippen LogP contribution in [0.2, 0.25) is 0 Å². The Labute approximate surface area is 111 Å². The van der Waals surface area contributed by atoms with E-state index >= 15 is 0 Å². The number of amides is 2.